The van der Waals surface area contributed by atoms with Gasteiger partial charge in [0, 0.05) is 20.0 Å². The minimum atomic E-state index is -4.11. The number of guanidine groups is 1. The van der Waals surface area contributed by atoms with Crippen LogP contribution in [0.25, 0.3) is 0 Å². The molecule has 0 saturated carbocycles. The molecular formula is C16H23F4N3. The third kappa shape index (κ3) is 7.34. The Morgan fingerprint density at radius 2 is 1.96 bits per heavy atom. The molecule has 3 nitrogen and oxygen atoms in total. The summed E-state index contributed by atoms with van der Waals surface area (Å²) in [7, 11) is 1.58. The number of unbranched alkanes of at least 4 members (excludes halogenated alkanes) is 1. The molecule has 0 aromatic heterocycles. The lowest BCUT2D eigenvalue weighted by Crippen LogP contribution is -2.39. The van der Waals surface area contributed by atoms with Crippen molar-refractivity contribution >= 4 is 5.96 Å². The molecule has 0 saturated heterocycles. The molecule has 0 spiro atoms. The van der Waals surface area contributed by atoms with E-state index in [9.17, 15) is 17.6 Å². The van der Waals surface area contributed by atoms with Crippen molar-refractivity contribution in [3.8, 4) is 0 Å². The molecule has 1 rings (SSSR count). The Labute approximate surface area is 134 Å². The fraction of sp³-hybridized carbons (Fsp3) is 0.562. The van der Waals surface area contributed by atoms with Crippen molar-refractivity contribution < 1.29 is 17.6 Å². The number of hydrogen-bond acceptors (Lipinski definition) is 1. The van der Waals surface area contributed by atoms with Gasteiger partial charge in [0.05, 0.1) is 6.04 Å². The van der Waals surface area contributed by atoms with Gasteiger partial charge in [-0.15, -0.1) is 0 Å². The van der Waals surface area contributed by atoms with E-state index in [-0.39, 0.29) is 18.3 Å². The summed E-state index contributed by atoms with van der Waals surface area (Å²) < 4.78 is 49.7. The van der Waals surface area contributed by atoms with Gasteiger partial charge in [-0.25, -0.2) is 4.39 Å². The zero-order valence-corrected chi connectivity index (χ0v) is 13.6. The van der Waals surface area contributed by atoms with Crippen molar-refractivity contribution in [3.63, 3.8) is 0 Å². The summed E-state index contributed by atoms with van der Waals surface area (Å²) in [4.78, 5) is 4.02. The number of aryl methyl sites for hydroxylation is 1. The zero-order chi connectivity index (χ0) is 17.5. The second-order valence-electron chi connectivity index (χ2n) is 5.45. The van der Waals surface area contributed by atoms with E-state index in [0.717, 1.165) is 5.56 Å². The quantitative estimate of drug-likeness (QED) is 0.356. The van der Waals surface area contributed by atoms with Gasteiger partial charge < -0.3 is 10.6 Å². The average molecular weight is 333 g/mol. The van der Waals surface area contributed by atoms with E-state index < -0.39 is 12.6 Å². The van der Waals surface area contributed by atoms with Gasteiger partial charge in [-0.05, 0) is 43.9 Å². The molecule has 0 fully saturated rings. The third-order valence-corrected chi connectivity index (χ3v) is 3.45. The highest BCUT2D eigenvalue weighted by Gasteiger charge is 2.25. The highest BCUT2D eigenvalue weighted by molar-refractivity contribution is 5.80. The van der Waals surface area contributed by atoms with Crippen molar-refractivity contribution in [3.05, 3.63) is 35.1 Å². The molecule has 1 atom stereocenters. The Bertz CT molecular complexity index is 527. The van der Waals surface area contributed by atoms with Gasteiger partial charge in [0.15, 0.2) is 5.96 Å². The second-order valence-corrected chi connectivity index (χ2v) is 5.45. The molecular weight excluding hydrogens is 310 g/mol. The molecule has 0 radical (unpaired) electrons. The molecule has 0 heterocycles. The molecule has 0 aliphatic heterocycles. The number of alkyl halides is 3. The summed E-state index contributed by atoms with van der Waals surface area (Å²) >= 11 is 0. The van der Waals surface area contributed by atoms with Gasteiger partial charge >= 0.3 is 6.18 Å². The first-order chi connectivity index (χ1) is 10.7. The predicted molar refractivity (Wildman–Crippen MR) is 84.0 cm³/mol. The number of aliphatic imine (C=N–C) groups is 1. The van der Waals surface area contributed by atoms with Crippen LogP contribution in [0.2, 0.25) is 0 Å². The molecule has 2 N–H and O–H groups in total. The van der Waals surface area contributed by atoms with Gasteiger partial charge in [0.2, 0.25) is 0 Å². The number of benzene rings is 1. The minimum absolute atomic E-state index is 0.0756. The smallest absolute Gasteiger partial charge is 0.356 e. The summed E-state index contributed by atoms with van der Waals surface area (Å²) in [5.74, 6) is 0.205. The molecule has 130 valence electrons. The number of nitrogens with zero attached hydrogens (tertiary/aromatic N) is 1. The van der Waals surface area contributed by atoms with Crippen molar-refractivity contribution in [2.45, 2.75) is 45.3 Å². The van der Waals surface area contributed by atoms with Crippen LogP contribution in [0, 0.1) is 12.7 Å². The van der Waals surface area contributed by atoms with Crippen LogP contribution in [-0.2, 0) is 0 Å². The molecule has 1 aromatic carbocycles. The fourth-order valence-electron chi connectivity index (χ4n) is 2.02. The summed E-state index contributed by atoms with van der Waals surface area (Å²) in [6.45, 7) is 3.95. The highest BCUT2D eigenvalue weighted by atomic mass is 19.4. The summed E-state index contributed by atoms with van der Waals surface area (Å²) in [6, 6.07) is 4.82. The van der Waals surface area contributed by atoms with Crippen LogP contribution < -0.4 is 10.6 Å². The van der Waals surface area contributed by atoms with Crippen LogP contribution in [0.4, 0.5) is 17.6 Å². The van der Waals surface area contributed by atoms with Crippen LogP contribution in [0.1, 0.15) is 43.4 Å². The maximum atomic E-state index is 13.6. The topological polar surface area (TPSA) is 36.4 Å². The van der Waals surface area contributed by atoms with Crippen molar-refractivity contribution in [1.82, 2.24) is 10.6 Å². The van der Waals surface area contributed by atoms with Crippen LogP contribution >= 0.6 is 0 Å². The van der Waals surface area contributed by atoms with E-state index in [2.05, 4.69) is 15.6 Å². The maximum absolute atomic E-state index is 13.6. The predicted octanol–water partition coefficient (Wildman–Crippen LogP) is 4.09. The lowest BCUT2D eigenvalue weighted by atomic mass is 10.1. The Hall–Kier alpha value is -1.79. The Kier molecular flexibility index (Phi) is 7.32. The Morgan fingerprint density at radius 1 is 1.26 bits per heavy atom. The molecule has 1 aromatic rings. The lowest BCUT2D eigenvalue weighted by Gasteiger charge is -2.18. The van der Waals surface area contributed by atoms with E-state index in [1.54, 1.807) is 20.0 Å². The minimum Gasteiger partial charge on any atom is -0.356 e. The Balaban J connectivity index is 2.42. The largest absolute Gasteiger partial charge is 0.389 e. The SMILES string of the molecule is CN=C(NCCCCC(F)(F)F)NC(C)c1ccc(C)c(F)c1. The van der Waals surface area contributed by atoms with Gasteiger partial charge in [-0.2, -0.15) is 13.2 Å². The zero-order valence-electron chi connectivity index (χ0n) is 13.6. The summed E-state index contributed by atoms with van der Waals surface area (Å²) in [5, 5.41) is 6.05. The molecule has 0 amide bonds. The number of halogens is 4. The molecule has 7 heteroatoms. The number of hydrogen-bond donors (Lipinski definition) is 2. The molecule has 0 bridgehead atoms. The fourth-order valence-corrected chi connectivity index (χ4v) is 2.02. The first-order valence-corrected chi connectivity index (χ1v) is 7.53. The number of nitrogens with one attached hydrogen (secondary N) is 2. The first-order valence-electron chi connectivity index (χ1n) is 7.53. The van der Waals surface area contributed by atoms with Crippen LogP contribution in [-0.4, -0.2) is 25.7 Å². The van der Waals surface area contributed by atoms with E-state index in [1.807, 2.05) is 13.0 Å². The van der Waals surface area contributed by atoms with Crippen LogP contribution in [0.3, 0.4) is 0 Å². The van der Waals surface area contributed by atoms with Crippen molar-refractivity contribution in [1.29, 1.82) is 0 Å². The van der Waals surface area contributed by atoms with E-state index in [0.29, 0.717) is 24.5 Å². The molecule has 23 heavy (non-hydrogen) atoms. The maximum Gasteiger partial charge on any atom is 0.389 e. The van der Waals surface area contributed by atoms with Crippen molar-refractivity contribution in [2.24, 2.45) is 4.99 Å². The van der Waals surface area contributed by atoms with Crippen LogP contribution in [0.15, 0.2) is 23.2 Å². The van der Waals surface area contributed by atoms with E-state index in [1.165, 1.54) is 6.07 Å². The second kappa shape index (κ2) is 8.74. The van der Waals surface area contributed by atoms with Gasteiger partial charge in [-0.3, -0.25) is 4.99 Å². The van der Waals surface area contributed by atoms with Gasteiger partial charge in [0.25, 0.3) is 0 Å². The van der Waals surface area contributed by atoms with Crippen molar-refractivity contribution in [2.75, 3.05) is 13.6 Å². The monoisotopic (exact) mass is 333 g/mol. The van der Waals surface area contributed by atoms with E-state index in [4.69, 9.17) is 0 Å². The highest BCUT2D eigenvalue weighted by Crippen LogP contribution is 2.21. The molecule has 1 unspecified atom stereocenters. The lowest BCUT2D eigenvalue weighted by molar-refractivity contribution is -0.135. The van der Waals surface area contributed by atoms with Gasteiger partial charge in [-0.1, -0.05) is 12.1 Å². The standard InChI is InChI=1S/C16H23F4N3/c1-11-6-7-13(10-14(11)17)12(2)23-15(21-3)22-9-5-4-8-16(18,19)20/h6-7,10,12H,4-5,8-9H2,1-3H3,(H2,21,22,23). The number of rotatable bonds is 6. The molecule has 0 aliphatic carbocycles. The first kappa shape index (κ1) is 19.3. The Morgan fingerprint density at radius 3 is 2.52 bits per heavy atom. The normalized spacial score (nSPS) is 13.8. The average Bonchev–Trinajstić information content (AvgIpc) is 2.47. The third-order valence-electron chi connectivity index (χ3n) is 3.45. The summed E-state index contributed by atoms with van der Waals surface area (Å²) in [6.07, 6.45) is -4.41. The van der Waals surface area contributed by atoms with E-state index >= 15 is 0 Å². The molecule has 0 aliphatic rings. The van der Waals surface area contributed by atoms with Gasteiger partial charge in [0.1, 0.15) is 5.82 Å². The van der Waals surface area contributed by atoms with Crippen LogP contribution in [0.5, 0.6) is 0 Å². The summed E-state index contributed by atoms with van der Waals surface area (Å²) in [5.41, 5.74) is 1.35.